The van der Waals surface area contributed by atoms with Gasteiger partial charge in [-0.3, -0.25) is 9.89 Å². The number of piperidine rings is 1. The van der Waals surface area contributed by atoms with Crippen molar-refractivity contribution in [1.29, 1.82) is 0 Å². The number of amides is 2. The van der Waals surface area contributed by atoms with Gasteiger partial charge in [-0.2, -0.15) is 0 Å². The number of halogens is 2. The summed E-state index contributed by atoms with van der Waals surface area (Å²) in [6.07, 6.45) is 1.83. The van der Waals surface area contributed by atoms with Crippen molar-refractivity contribution in [2.75, 3.05) is 27.2 Å². The highest BCUT2D eigenvalue weighted by molar-refractivity contribution is 6.30. The van der Waals surface area contributed by atoms with Gasteiger partial charge < -0.3 is 14.5 Å². The molecule has 3 aromatic carbocycles. The molecule has 0 aliphatic carbocycles. The molecule has 0 radical (unpaired) electrons. The first-order valence-corrected chi connectivity index (χ1v) is 14.6. The summed E-state index contributed by atoms with van der Waals surface area (Å²) in [6.45, 7) is 5.37. The molecule has 2 atom stereocenters. The Hall–Kier alpha value is -3.06. The lowest BCUT2D eigenvalue weighted by Gasteiger charge is -2.39. The Balaban J connectivity index is 1.63. The summed E-state index contributed by atoms with van der Waals surface area (Å²) in [4.78, 5) is 25.9. The number of rotatable bonds is 6. The molecule has 5 rings (SSSR count). The maximum absolute atomic E-state index is 14.5. The van der Waals surface area contributed by atoms with Crippen molar-refractivity contribution in [2.24, 2.45) is 4.99 Å². The number of carbonyl (C=O) groups excluding carboxylic acids is 1. The first kappa shape index (κ1) is 28.5. The maximum Gasteiger partial charge on any atom is 0.326 e. The number of para-hydroxylation sites is 1. The zero-order chi connectivity index (χ0) is 28.4. The lowest BCUT2D eigenvalue weighted by molar-refractivity contribution is 0.127. The molecule has 0 aromatic heterocycles. The lowest BCUT2D eigenvalue weighted by Crippen LogP contribution is -2.51. The van der Waals surface area contributed by atoms with Gasteiger partial charge in [0.2, 0.25) is 0 Å². The quantitative estimate of drug-likeness (QED) is 0.305. The minimum absolute atomic E-state index is 0.0310. The molecule has 210 valence electrons. The van der Waals surface area contributed by atoms with E-state index in [1.54, 1.807) is 0 Å². The number of amidine groups is 1. The summed E-state index contributed by atoms with van der Waals surface area (Å²) in [6, 6.07) is 23.0. The standard InChI is InChI=1S/C32H36Cl2N4O2/c1-21(2)40-28-8-6-5-7-27(28)31-35-29(22-9-13-24(33)14-10-22)30(23-11-15-25(34)16-12-23)38(31)32(39)37-19-17-26(18-20-37)36(3)4/h5-16,21,26,29-30H,17-20H2,1-4H3/t29-,30+/m1/s1. The van der Waals surface area contributed by atoms with E-state index >= 15 is 0 Å². The van der Waals surface area contributed by atoms with Crippen LogP contribution in [0.15, 0.2) is 77.8 Å². The Morgan fingerprint density at radius 2 is 1.48 bits per heavy atom. The third-order valence-corrected chi connectivity index (χ3v) is 8.16. The smallest absolute Gasteiger partial charge is 0.326 e. The Bertz CT molecular complexity index is 1350. The van der Waals surface area contributed by atoms with E-state index in [4.69, 9.17) is 32.9 Å². The molecule has 1 fully saturated rings. The van der Waals surface area contributed by atoms with Crippen LogP contribution in [0.5, 0.6) is 5.75 Å². The monoisotopic (exact) mass is 578 g/mol. The highest BCUT2D eigenvalue weighted by Gasteiger charge is 2.45. The number of likely N-dealkylation sites (tertiary alicyclic amines) is 1. The van der Waals surface area contributed by atoms with Gasteiger partial charge in [0.15, 0.2) is 0 Å². The predicted molar refractivity (Wildman–Crippen MR) is 163 cm³/mol. The number of nitrogens with zero attached hydrogens (tertiary/aromatic N) is 4. The molecule has 8 heteroatoms. The van der Waals surface area contributed by atoms with E-state index in [-0.39, 0.29) is 24.2 Å². The average Bonchev–Trinajstić information content (AvgIpc) is 3.34. The Kier molecular flexibility index (Phi) is 8.69. The number of urea groups is 1. The fraction of sp³-hybridized carbons (Fsp3) is 0.375. The Morgan fingerprint density at radius 1 is 0.900 bits per heavy atom. The lowest BCUT2D eigenvalue weighted by atomic mass is 9.93. The molecule has 0 unspecified atom stereocenters. The van der Waals surface area contributed by atoms with Gasteiger partial charge in [-0.1, -0.05) is 59.6 Å². The number of carbonyl (C=O) groups is 1. The van der Waals surface area contributed by atoms with Crippen molar-refractivity contribution in [3.05, 3.63) is 99.5 Å². The van der Waals surface area contributed by atoms with Crippen molar-refractivity contribution in [2.45, 2.75) is 50.9 Å². The molecule has 0 bridgehead atoms. The van der Waals surface area contributed by atoms with E-state index in [2.05, 4.69) is 19.0 Å². The molecule has 0 saturated carbocycles. The number of aliphatic imine (C=N–C) groups is 1. The van der Waals surface area contributed by atoms with Gasteiger partial charge in [0.25, 0.3) is 0 Å². The van der Waals surface area contributed by atoms with Crippen LogP contribution < -0.4 is 4.74 Å². The van der Waals surface area contributed by atoms with Crippen molar-refractivity contribution >= 4 is 35.1 Å². The van der Waals surface area contributed by atoms with E-state index in [9.17, 15) is 4.79 Å². The second kappa shape index (κ2) is 12.2. The molecule has 2 amide bonds. The SMILES string of the molecule is CC(C)Oc1ccccc1C1=N[C@H](c2ccc(Cl)cc2)[C@H](c2ccc(Cl)cc2)N1C(=O)N1CCC(N(C)C)CC1. The van der Waals surface area contributed by atoms with Crippen LogP contribution in [0, 0.1) is 0 Å². The van der Waals surface area contributed by atoms with Crippen LogP contribution >= 0.6 is 23.2 Å². The predicted octanol–water partition coefficient (Wildman–Crippen LogP) is 7.47. The van der Waals surface area contributed by atoms with Gasteiger partial charge in [-0.15, -0.1) is 0 Å². The molecule has 1 saturated heterocycles. The molecule has 6 nitrogen and oxygen atoms in total. The highest BCUT2D eigenvalue weighted by Crippen LogP contribution is 2.45. The minimum Gasteiger partial charge on any atom is -0.490 e. The molecule has 3 aromatic rings. The summed E-state index contributed by atoms with van der Waals surface area (Å²) in [5, 5.41) is 1.30. The number of hydrogen-bond acceptors (Lipinski definition) is 4. The van der Waals surface area contributed by atoms with Gasteiger partial charge in [0.05, 0.1) is 17.7 Å². The summed E-state index contributed by atoms with van der Waals surface area (Å²) in [7, 11) is 4.21. The summed E-state index contributed by atoms with van der Waals surface area (Å²) >= 11 is 12.5. The molecule has 40 heavy (non-hydrogen) atoms. The average molecular weight is 580 g/mol. The second-order valence-corrected chi connectivity index (χ2v) is 11.8. The first-order chi connectivity index (χ1) is 19.2. The molecule has 0 N–H and O–H groups in total. The number of benzene rings is 3. The zero-order valence-corrected chi connectivity index (χ0v) is 24.9. The van der Waals surface area contributed by atoms with Crippen LogP contribution in [-0.4, -0.2) is 65.9 Å². The second-order valence-electron chi connectivity index (χ2n) is 10.9. The van der Waals surface area contributed by atoms with Crippen LogP contribution in [0.1, 0.15) is 55.5 Å². The third-order valence-electron chi connectivity index (χ3n) is 7.65. The highest BCUT2D eigenvalue weighted by atomic mass is 35.5. The molecule has 2 aliphatic heterocycles. The van der Waals surface area contributed by atoms with Crippen LogP contribution in [0.25, 0.3) is 0 Å². The van der Waals surface area contributed by atoms with Gasteiger partial charge >= 0.3 is 6.03 Å². The topological polar surface area (TPSA) is 48.4 Å². The third kappa shape index (κ3) is 5.99. The van der Waals surface area contributed by atoms with Crippen molar-refractivity contribution < 1.29 is 9.53 Å². The van der Waals surface area contributed by atoms with Crippen molar-refractivity contribution in [3.63, 3.8) is 0 Å². The Morgan fingerprint density at radius 3 is 2.05 bits per heavy atom. The van der Waals surface area contributed by atoms with E-state index in [0.29, 0.717) is 40.8 Å². The molecule has 2 aliphatic rings. The molecule has 0 spiro atoms. The fourth-order valence-electron chi connectivity index (χ4n) is 5.59. The summed E-state index contributed by atoms with van der Waals surface area (Å²) < 4.78 is 6.21. The Labute approximate surface area is 247 Å². The van der Waals surface area contributed by atoms with E-state index in [1.807, 2.05) is 96.4 Å². The van der Waals surface area contributed by atoms with Gasteiger partial charge in [0.1, 0.15) is 17.6 Å². The molecule has 2 heterocycles. The van der Waals surface area contributed by atoms with Gasteiger partial charge in [-0.05, 0) is 88.3 Å². The van der Waals surface area contributed by atoms with Gasteiger partial charge in [0, 0.05) is 29.2 Å². The largest absolute Gasteiger partial charge is 0.490 e. The summed E-state index contributed by atoms with van der Waals surface area (Å²) in [5.74, 6) is 1.31. The van der Waals surface area contributed by atoms with Crippen molar-refractivity contribution in [1.82, 2.24) is 14.7 Å². The fourth-order valence-corrected chi connectivity index (χ4v) is 5.84. The van der Waals surface area contributed by atoms with E-state index in [0.717, 1.165) is 29.5 Å². The van der Waals surface area contributed by atoms with E-state index < -0.39 is 0 Å². The molecular weight excluding hydrogens is 543 g/mol. The maximum atomic E-state index is 14.5. The van der Waals surface area contributed by atoms with Crippen LogP contribution in [-0.2, 0) is 0 Å². The van der Waals surface area contributed by atoms with Crippen LogP contribution in [0.2, 0.25) is 10.0 Å². The minimum atomic E-state index is -0.375. The molecular formula is C32H36Cl2N4O2. The first-order valence-electron chi connectivity index (χ1n) is 13.8. The van der Waals surface area contributed by atoms with Crippen LogP contribution in [0.3, 0.4) is 0 Å². The number of hydrogen-bond donors (Lipinski definition) is 0. The van der Waals surface area contributed by atoms with Crippen molar-refractivity contribution in [3.8, 4) is 5.75 Å². The van der Waals surface area contributed by atoms with E-state index in [1.165, 1.54) is 0 Å². The zero-order valence-electron chi connectivity index (χ0n) is 23.4. The normalized spacial score (nSPS) is 19.9. The number of ether oxygens (including phenoxy) is 1. The van der Waals surface area contributed by atoms with Gasteiger partial charge in [-0.25, -0.2) is 4.79 Å². The summed E-state index contributed by atoms with van der Waals surface area (Å²) in [5.41, 5.74) is 2.73. The van der Waals surface area contributed by atoms with Crippen LogP contribution in [0.4, 0.5) is 4.79 Å².